The molecule has 0 aliphatic heterocycles. The SMILES string of the molecule is CN(c1nc2ccccc2n2c(-c3cccs3)nnc12)S(=O)(=O)c1ccc(F)cc1. The van der Waals surface area contributed by atoms with E-state index in [4.69, 9.17) is 0 Å². The Balaban J connectivity index is 1.78. The molecule has 10 heteroatoms. The minimum atomic E-state index is -3.99. The Kier molecular flexibility index (Phi) is 4.26. The number of halogens is 1. The Morgan fingerprint density at radius 2 is 1.77 bits per heavy atom. The van der Waals surface area contributed by atoms with E-state index < -0.39 is 15.8 Å². The molecule has 0 amide bonds. The zero-order chi connectivity index (χ0) is 20.9. The summed E-state index contributed by atoms with van der Waals surface area (Å²) in [6.07, 6.45) is 0. The zero-order valence-corrected chi connectivity index (χ0v) is 17.2. The maximum atomic E-state index is 13.3. The Labute approximate surface area is 175 Å². The molecule has 0 spiro atoms. The monoisotopic (exact) mass is 439 g/mol. The lowest BCUT2D eigenvalue weighted by Crippen LogP contribution is -2.28. The van der Waals surface area contributed by atoms with Crippen molar-refractivity contribution in [3.8, 4) is 10.7 Å². The van der Waals surface area contributed by atoms with Gasteiger partial charge in [0.05, 0.1) is 20.8 Å². The molecule has 30 heavy (non-hydrogen) atoms. The number of nitrogens with zero attached hydrogens (tertiary/aromatic N) is 5. The summed E-state index contributed by atoms with van der Waals surface area (Å²) in [4.78, 5) is 5.41. The second kappa shape index (κ2) is 6.85. The van der Waals surface area contributed by atoms with Gasteiger partial charge in [0.25, 0.3) is 10.0 Å². The van der Waals surface area contributed by atoms with Crippen LogP contribution in [0.25, 0.3) is 27.4 Å². The molecule has 150 valence electrons. The van der Waals surface area contributed by atoms with E-state index in [1.807, 2.05) is 35.7 Å². The molecule has 0 fully saturated rings. The van der Waals surface area contributed by atoms with Gasteiger partial charge in [0.15, 0.2) is 11.6 Å². The number of benzene rings is 2. The maximum absolute atomic E-state index is 13.3. The van der Waals surface area contributed by atoms with Gasteiger partial charge in [-0.3, -0.25) is 4.40 Å². The lowest BCUT2D eigenvalue weighted by molar-refractivity contribution is 0.592. The third-order valence-electron chi connectivity index (χ3n) is 4.72. The van der Waals surface area contributed by atoms with E-state index in [0.29, 0.717) is 17.0 Å². The molecule has 7 nitrogen and oxygen atoms in total. The van der Waals surface area contributed by atoms with Gasteiger partial charge in [0.2, 0.25) is 5.65 Å². The van der Waals surface area contributed by atoms with E-state index in [9.17, 15) is 12.8 Å². The predicted molar refractivity (Wildman–Crippen MR) is 114 cm³/mol. The van der Waals surface area contributed by atoms with Crippen LogP contribution in [0.15, 0.2) is 70.9 Å². The summed E-state index contributed by atoms with van der Waals surface area (Å²) in [5.74, 6) is 0.224. The summed E-state index contributed by atoms with van der Waals surface area (Å²) >= 11 is 1.51. The normalized spacial score (nSPS) is 11.9. The van der Waals surface area contributed by atoms with Crippen molar-refractivity contribution in [2.45, 2.75) is 4.90 Å². The second-order valence-corrected chi connectivity index (χ2v) is 9.43. The first-order valence-electron chi connectivity index (χ1n) is 8.89. The van der Waals surface area contributed by atoms with E-state index in [2.05, 4.69) is 15.2 Å². The van der Waals surface area contributed by atoms with Gasteiger partial charge in [-0.15, -0.1) is 21.5 Å². The minimum Gasteiger partial charge on any atom is -0.269 e. The predicted octanol–water partition coefficient (Wildman–Crippen LogP) is 3.97. The van der Waals surface area contributed by atoms with Gasteiger partial charge in [-0.1, -0.05) is 18.2 Å². The molecule has 0 unspecified atom stereocenters. The maximum Gasteiger partial charge on any atom is 0.265 e. The standard InChI is InChI=1S/C20H14FN5O2S2/c1-25(30(27,28)14-10-8-13(21)9-11-14)19-20-24-23-18(17-7-4-12-29-17)26(20)16-6-3-2-5-15(16)22-19/h2-12H,1H3. The van der Waals surface area contributed by atoms with Crippen LogP contribution in [-0.4, -0.2) is 35.0 Å². The molecular formula is C20H14FN5O2S2. The Morgan fingerprint density at radius 3 is 2.50 bits per heavy atom. The number of sulfonamides is 1. The first-order valence-corrected chi connectivity index (χ1v) is 11.2. The minimum absolute atomic E-state index is 0.0440. The first kappa shape index (κ1) is 18.6. The molecule has 0 saturated carbocycles. The topological polar surface area (TPSA) is 80.5 Å². The van der Waals surface area contributed by atoms with E-state index in [0.717, 1.165) is 26.8 Å². The van der Waals surface area contributed by atoms with Crippen LogP contribution < -0.4 is 4.31 Å². The average molecular weight is 439 g/mol. The fourth-order valence-corrected chi connectivity index (χ4v) is 5.07. The van der Waals surface area contributed by atoms with Crippen LogP contribution in [-0.2, 0) is 10.0 Å². The lowest BCUT2D eigenvalue weighted by Gasteiger charge is -2.19. The summed E-state index contributed by atoms with van der Waals surface area (Å²) in [5, 5.41) is 10.5. The van der Waals surface area contributed by atoms with E-state index in [1.54, 1.807) is 10.5 Å². The van der Waals surface area contributed by atoms with Crippen molar-refractivity contribution in [3.05, 3.63) is 71.9 Å². The quantitative estimate of drug-likeness (QED) is 0.423. The third kappa shape index (κ3) is 2.84. The zero-order valence-electron chi connectivity index (χ0n) is 15.6. The summed E-state index contributed by atoms with van der Waals surface area (Å²) < 4.78 is 42.5. The number of thiophene rings is 1. The largest absolute Gasteiger partial charge is 0.269 e. The lowest BCUT2D eigenvalue weighted by atomic mass is 10.3. The van der Waals surface area contributed by atoms with Crippen molar-refractivity contribution >= 4 is 43.9 Å². The molecule has 0 bridgehead atoms. The Bertz CT molecular complexity index is 1480. The Morgan fingerprint density at radius 1 is 1.00 bits per heavy atom. The molecule has 0 aliphatic carbocycles. The molecule has 0 N–H and O–H groups in total. The van der Waals surface area contributed by atoms with Gasteiger partial charge in [-0.2, -0.15) is 0 Å². The summed E-state index contributed by atoms with van der Waals surface area (Å²) in [6, 6.07) is 15.9. The van der Waals surface area contributed by atoms with Crippen molar-refractivity contribution in [2.75, 3.05) is 11.4 Å². The number of para-hydroxylation sites is 2. The molecule has 3 aromatic heterocycles. The van der Waals surface area contributed by atoms with Gasteiger partial charge < -0.3 is 0 Å². The number of fused-ring (bicyclic) bond motifs is 3. The highest BCUT2D eigenvalue weighted by Crippen LogP contribution is 2.31. The highest BCUT2D eigenvalue weighted by Gasteiger charge is 2.27. The van der Waals surface area contributed by atoms with Crippen LogP contribution in [0.5, 0.6) is 0 Å². The first-order chi connectivity index (χ1) is 14.5. The average Bonchev–Trinajstić information content (AvgIpc) is 3.43. The van der Waals surface area contributed by atoms with E-state index in [1.165, 1.54) is 30.5 Å². The van der Waals surface area contributed by atoms with Crippen LogP contribution in [0, 0.1) is 5.82 Å². The molecule has 0 atom stereocenters. The van der Waals surface area contributed by atoms with Crippen molar-refractivity contribution in [2.24, 2.45) is 0 Å². The van der Waals surface area contributed by atoms with Gasteiger partial charge in [-0.25, -0.2) is 22.1 Å². The number of hydrogen-bond acceptors (Lipinski definition) is 6. The molecule has 5 rings (SSSR count). The Hall–Kier alpha value is -3.37. The molecule has 0 saturated heterocycles. The van der Waals surface area contributed by atoms with Crippen LogP contribution in [0.2, 0.25) is 0 Å². The van der Waals surface area contributed by atoms with Crippen molar-refractivity contribution in [1.82, 2.24) is 19.6 Å². The van der Waals surface area contributed by atoms with Crippen molar-refractivity contribution < 1.29 is 12.8 Å². The van der Waals surface area contributed by atoms with E-state index >= 15 is 0 Å². The molecule has 3 heterocycles. The molecule has 2 aromatic carbocycles. The molecular weight excluding hydrogens is 425 g/mol. The molecule has 0 aliphatic rings. The van der Waals surface area contributed by atoms with Gasteiger partial charge >= 0.3 is 0 Å². The third-order valence-corrected chi connectivity index (χ3v) is 7.35. The summed E-state index contributed by atoms with van der Waals surface area (Å²) in [5.41, 5.74) is 1.67. The van der Waals surface area contributed by atoms with Gasteiger partial charge in [0, 0.05) is 7.05 Å². The summed E-state index contributed by atoms with van der Waals surface area (Å²) in [6.45, 7) is 0. The fourth-order valence-electron chi connectivity index (χ4n) is 3.22. The van der Waals surface area contributed by atoms with E-state index in [-0.39, 0.29) is 10.7 Å². The van der Waals surface area contributed by atoms with Crippen molar-refractivity contribution in [1.29, 1.82) is 0 Å². The summed E-state index contributed by atoms with van der Waals surface area (Å²) in [7, 11) is -2.59. The second-order valence-electron chi connectivity index (χ2n) is 6.51. The fraction of sp³-hybridized carbons (Fsp3) is 0.0500. The van der Waals surface area contributed by atoms with Gasteiger partial charge in [0.1, 0.15) is 5.82 Å². The van der Waals surface area contributed by atoms with Crippen LogP contribution in [0.4, 0.5) is 10.2 Å². The van der Waals surface area contributed by atoms with Crippen LogP contribution in [0.3, 0.4) is 0 Å². The molecule has 5 aromatic rings. The number of anilines is 1. The highest BCUT2D eigenvalue weighted by molar-refractivity contribution is 7.92. The number of hydrogen-bond donors (Lipinski definition) is 0. The molecule has 0 radical (unpaired) electrons. The highest BCUT2D eigenvalue weighted by atomic mass is 32.2. The van der Waals surface area contributed by atoms with Crippen LogP contribution in [0.1, 0.15) is 0 Å². The van der Waals surface area contributed by atoms with Gasteiger partial charge in [-0.05, 0) is 47.8 Å². The van der Waals surface area contributed by atoms with Crippen molar-refractivity contribution in [3.63, 3.8) is 0 Å². The number of aromatic nitrogens is 4. The van der Waals surface area contributed by atoms with Crippen LogP contribution >= 0.6 is 11.3 Å². The number of rotatable bonds is 4. The smallest absolute Gasteiger partial charge is 0.265 e.